The molecule has 2 aromatic rings. The van der Waals surface area contributed by atoms with E-state index < -0.39 is 10.0 Å². The number of thiocarbonyl (C=S) groups is 1. The van der Waals surface area contributed by atoms with Crippen LogP contribution in [0.4, 0.5) is 11.5 Å². The van der Waals surface area contributed by atoms with Gasteiger partial charge in [0.15, 0.2) is 16.1 Å². The second-order valence-electron chi connectivity index (χ2n) is 3.97. The first-order valence-electron chi connectivity index (χ1n) is 5.80. The Morgan fingerprint density at radius 3 is 2.36 bits per heavy atom. The first-order chi connectivity index (χ1) is 10.4. The summed E-state index contributed by atoms with van der Waals surface area (Å²) in [4.78, 5) is 0.0569. The standard InChI is InChI=1S/C11H11ClN6O2S2/c12-9-5-6-10(17-16-9)18-22(19,20)8-3-1-7(2-4-8)14-11(21)15-13/h1-6H,13H2,(H,17,18)(H2,14,15,21). The zero-order chi connectivity index (χ0) is 16.2. The van der Waals surface area contributed by atoms with Crippen LogP contribution in [0.1, 0.15) is 0 Å². The number of hydrogen-bond acceptors (Lipinski definition) is 6. The Morgan fingerprint density at radius 2 is 1.82 bits per heavy atom. The Hall–Kier alpha value is -2.01. The molecule has 1 heterocycles. The smallest absolute Gasteiger partial charge is 0.263 e. The quantitative estimate of drug-likeness (QED) is 0.364. The van der Waals surface area contributed by atoms with Crippen molar-refractivity contribution >= 4 is 50.5 Å². The van der Waals surface area contributed by atoms with Gasteiger partial charge in [-0.1, -0.05) is 11.6 Å². The van der Waals surface area contributed by atoms with Gasteiger partial charge in [-0.3, -0.25) is 4.72 Å². The minimum Gasteiger partial charge on any atom is -0.332 e. The number of anilines is 2. The van der Waals surface area contributed by atoms with Gasteiger partial charge < -0.3 is 10.7 Å². The number of hydrazine groups is 1. The van der Waals surface area contributed by atoms with Crippen molar-refractivity contribution < 1.29 is 8.42 Å². The van der Waals surface area contributed by atoms with Crippen molar-refractivity contribution in [2.45, 2.75) is 4.90 Å². The molecule has 0 unspecified atom stereocenters. The van der Waals surface area contributed by atoms with Crippen LogP contribution in [0.2, 0.25) is 5.15 Å². The molecule has 8 nitrogen and oxygen atoms in total. The van der Waals surface area contributed by atoms with E-state index in [1.54, 1.807) is 12.1 Å². The van der Waals surface area contributed by atoms with Crippen LogP contribution >= 0.6 is 23.8 Å². The minimum atomic E-state index is -3.77. The van der Waals surface area contributed by atoms with Crippen molar-refractivity contribution in [3.63, 3.8) is 0 Å². The minimum absolute atomic E-state index is 0.0569. The van der Waals surface area contributed by atoms with Crippen molar-refractivity contribution in [2.24, 2.45) is 5.84 Å². The first kappa shape index (κ1) is 16.4. The van der Waals surface area contributed by atoms with Crippen LogP contribution in [-0.2, 0) is 10.0 Å². The highest BCUT2D eigenvalue weighted by atomic mass is 35.5. The highest BCUT2D eigenvalue weighted by Gasteiger charge is 2.15. The highest BCUT2D eigenvalue weighted by Crippen LogP contribution is 2.17. The number of halogens is 1. The van der Waals surface area contributed by atoms with E-state index in [4.69, 9.17) is 29.7 Å². The molecule has 22 heavy (non-hydrogen) atoms. The van der Waals surface area contributed by atoms with Gasteiger partial charge in [0.1, 0.15) is 0 Å². The summed E-state index contributed by atoms with van der Waals surface area (Å²) in [6, 6.07) is 8.76. The van der Waals surface area contributed by atoms with E-state index in [1.807, 2.05) is 0 Å². The Morgan fingerprint density at radius 1 is 1.14 bits per heavy atom. The number of nitrogens with one attached hydrogen (secondary N) is 3. The third-order valence-corrected chi connectivity index (χ3v) is 4.22. The van der Waals surface area contributed by atoms with Crippen LogP contribution in [-0.4, -0.2) is 23.7 Å². The van der Waals surface area contributed by atoms with Crippen LogP contribution in [0.3, 0.4) is 0 Å². The van der Waals surface area contributed by atoms with Gasteiger partial charge >= 0.3 is 0 Å². The molecule has 0 bridgehead atoms. The number of sulfonamides is 1. The summed E-state index contributed by atoms with van der Waals surface area (Å²) >= 11 is 10.4. The number of aromatic nitrogens is 2. The van der Waals surface area contributed by atoms with Gasteiger partial charge in [0.25, 0.3) is 10.0 Å². The van der Waals surface area contributed by atoms with Gasteiger partial charge in [-0.25, -0.2) is 14.3 Å². The molecular weight excluding hydrogens is 348 g/mol. The maximum Gasteiger partial charge on any atom is 0.263 e. The van der Waals surface area contributed by atoms with Gasteiger partial charge in [0.2, 0.25) is 0 Å². The van der Waals surface area contributed by atoms with E-state index in [9.17, 15) is 8.42 Å². The van der Waals surface area contributed by atoms with E-state index in [2.05, 4.69) is 25.7 Å². The largest absolute Gasteiger partial charge is 0.332 e. The average Bonchev–Trinajstić information content (AvgIpc) is 2.50. The summed E-state index contributed by atoms with van der Waals surface area (Å²) in [5, 5.41) is 10.3. The summed E-state index contributed by atoms with van der Waals surface area (Å²) in [5.74, 6) is 5.20. The van der Waals surface area contributed by atoms with Crippen molar-refractivity contribution in [2.75, 3.05) is 10.0 Å². The molecular formula is C11H11ClN6O2S2. The van der Waals surface area contributed by atoms with Gasteiger partial charge in [0, 0.05) is 5.69 Å². The molecule has 0 spiro atoms. The molecule has 11 heteroatoms. The molecule has 0 aliphatic heterocycles. The second kappa shape index (κ2) is 6.83. The highest BCUT2D eigenvalue weighted by molar-refractivity contribution is 7.92. The van der Waals surface area contributed by atoms with Crippen LogP contribution in [0.25, 0.3) is 0 Å². The van der Waals surface area contributed by atoms with E-state index in [0.29, 0.717) is 5.69 Å². The molecule has 0 atom stereocenters. The molecule has 0 saturated carbocycles. The monoisotopic (exact) mass is 358 g/mol. The second-order valence-corrected chi connectivity index (χ2v) is 6.45. The van der Waals surface area contributed by atoms with Crippen molar-refractivity contribution in [1.82, 2.24) is 15.6 Å². The molecule has 1 aromatic carbocycles. The van der Waals surface area contributed by atoms with Gasteiger partial charge in [-0.05, 0) is 48.6 Å². The zero-order valence-corrected chi connectivity index (χ0v) is 13.3. The van der Waals surface area contributed by atoms with E-state index in [0.717, 1.165) is 0 Å². The molecule has 0 amide bonds. The Bertz CT molecular complexity index is 764. The maximum atomic E-state index is 12.2. The van der Waals surface area contributed by atoms with E-state index in [-0.39, 0.29) is 21.0 Å². The Labute approximate surface area is 137 Å². The summed E-state index contributed by atoms with van der Waals surface area (Å²) in [6.45, 7) is 0. The fraction of sp³-hybridized carbons (Fsp3) is 0. The molecule has 5 N–H and O–H groups in total. The molecule has 0 radical (unpaired) electrons. The van der Waals surface area contributed by atoms with Crippen molar-refractivity contribution in [3.05, 3.63) is 41.6 Å². The van der Waals surface area contributed by atoms with Crippen LogP contribution in [0.15, 0.2) is 41.3 Å². The zero-order valence-electron chi connectivity index (χ0n) is 10.9. The van der Waals surface area contributed by atoms with Gasteiger partial charge in [-0.15, -0.1) is 10.2 Å². The van der Waals surface area contributed by atoms with Crippen LogP contribution in [0, 0.1) is 0 Å². The van der Waals surface area contributed by atoms with Gasteiger partial charge in [-0.2, -0.15) is 0 Å². The molecule has 2 rings (SSSR count). The topological polar surface area (TPSA) is 122 Å². The summed E-state index contributed by atoms with van der Waals surface area (Å²) in [6.07, 6.45) is 0. The maximum absolute atomic E-state index is 12.2. The predicted molar refractivity (Wildman–Crippen MR) is 87.8 cm³/mol. The first-order valence-corrected chi connectivity index (χ1v) is 8.07. The number of nitrogens with zero attached hydrogens (tertiary/aromatic N) is 2. The van der Waals surface area contributed by atoms with E-state index in [1.165, 1.54) is 24.3 Å². The lowest BCUT2D eigenvalue weighted by Crippen LogP contribution is -2.34. The number of hydrogen-bond donors (Lipinski definition) is 4. The SMILES string of the molecule is NNC(=S)Nc1ccc(S(=O)(=O)Nc2ccc(Cl)nn2)cc1. The molecule has 0 saturated heterocycles. The Balaban J connectivity index is 2.15. The molecule has 0 fully saturated rings. The fourth-order valence-corrected chi connectivity index (χ4v) is 2.67. The summed E-state index contributed by atoms with van der Waals surface area (Å²) in [7, 11) is -3.77. The number of nitrogens with two attached hydrogens (primary N) is 1. The van der Waals surface area contributed by atoms with Gasteiger partial charge in [0.05, 0.1) is 4.90 Å². The number of benzene rings is 1. The Kier molecular flexibility index (Phi) is 5.08. The van der Waals surface area contributed by atoms with E-state index >= 15 is 0 Å². The summed E-state index contributed by atoms with van der Waals surface area (Å²) in [5.41, 5.74) is 2.85. The molecule has 1 aromatic heterocycles. The summed E-state index contributed by atoms with van der Waals surface area (Å²) < 4.78 is 26.7. The third kappa shape index (κ3) is 4.24. The lowest BCUT2D eigenvalue weighted by Gasteiger charge is -2.09. The van der Waals surface area contributed by atoms with Crippen LogP contribution < -0.4 is 21.3 Å². The third-order valence-electron chi connectivity index (χ3n) is 2.42. The van der Waals surface area contributed by atoms with Crippen molar-refractivity contribution in [1.29, 1.82) is 0 Å². The molecule has 116 valence electrons. The lowest BCUT2D eigenvalue weighted by atomic mass is 10.3. The lowest BCUT2D eigenvalue weighted by molar-refractivity contribution is 0.601. The predicted octanol–water partition coefficient (Wildman–Crippen LogP) is 1.09. The molecule has 0 aliphatic rings. The molecule has 0 aliphatic carbocycles. The number of rotatable bonds is 4. The van der Waals surface area contributed by atoms with Crippen LogP contribution in [0.5, 0.6) is 0 Å². The normalized spacial score (nSPS) is 10.8. The average molecular weight is 359 g/mol. The fourth-order valence-electron chi connectivity index (χ4n) is 1.45. The van der Waals surface area contributed by atoms with Crippen molar-refractivity contribution in [3.8, 4) is 0 Å².